The van der Waals surface area contributed by atoms with Crippen molar-refractivity contribution < 1.29 is 4.39 Å². The molecular formula is C12H10BrClFNS. The molecule has 0 saturated heterocycles. The molecule has 1 aromatic carbocycles. The van der Waals surface area contributed by atoms with E-state index < -0.39 is 5.82 Å². The van der Waals surface area contributed by atoms with Gasteiger partial charge in [0.1, 0.15) is 5.82 Å². The normalized spacial score (nSPS) is 12.5. The first-order valence-electron chi connectivity index (χ1n) is 5.02. The molecular weight excluding hydrogens is 325 g/mol. The Morgan fingerprint density at radius 2 is 2.18 bits per heavy atom. The van der Waals surface area contributed by atoms with E-state index in [1.807, 2.05) is 5.38 Å². The van der Waals surface area contributed by atoms with Gasteiger partial charge in [0.25, 0.3) is 0 Å². The monoisotopic (exact) mass is 333 g/mol. The number of halogens is 3. The highest BCUT2D eigenvalue weighted by Gasteiger charge is 2.09. The van der Waals surface area contributed by atoms with Crippen LogP contribution in [0, 0.1) is 5.82 Å². The lowest BCUT2D eigenvalue weighted by Crippen LogP contribution is -2.04. The maximum absolute atomic E-state index is 13.0. The number of anilines is 1. The topological polar surface area (TPSA) is 12.0 Å². The van der Waals surface area contributed by atoms with Crippen molar-refractivity contribution in [1.29, 1.82) is 0 Å². The van der Waals surface area contributed by atoms with Crippen LogP contribution in [0.1, 0.15) is 17.8 Å². The van der Waals surface area contributed by atoms with Gasteiger partial charge in [-0.1, -0.05) is 11.6 Å². The molecule has 0 bridgehead atoms. The van der Waals surface area contributed by atoms with Crippen molar-refractivity contribution in [1.82, 2.24) is 0 Å². The second-order valence-electron chi connectivity index (χ2n) is 3.66. The molecule has 0 aliphatic rings. The first-order chi connectivity index (χ1) is 8.06. The van der Waals surface area contributed by atoms with E-state index in [4.69, 9.17) is 11.6 Å². The summed E-state index contributed by atoms with van der Waals surface area (Å²) in [4.78, 5) is 1.21. The molecule has 90 valence electrons. The average molecular weight is 335 g/mol. The van der Waals surface area contributed by atoms with Crippen molar-refractivity contribution in [3.8, 4) is 0 Å². The van der Waals surface area contributed by atoms with E-state index in [1.54, 1.807) is 23.5 Å². The molecule has 0 aliphatic heterocycles. The van der Waals surface area contributed by atoms with E-state index in [0.29, 0.717) is 0 Å². The van der Waals surface area contributed by atoms with Crippen LogP contribution in [0.15, 0.2) is 34.1 Å². The highest BCUT2D eigenvalue weighted by molar-refractivity contribution is 9.10. The molecule has 1 atom stereocenters. The fourth-order valence-electron chi connectivity index (χ4n) is 1.46. The fourth-order valence-corrected chi connectivity index (χ4v) is 3.10. The lowest BCUT2D eigenvalue weighted by molar-refractivity contribution is 0.628. The summed E-state index contributed by atoms with van der Waals surface area (Å²) in [6.07, 6.45) is 0. The number of hydrogen-bond donors (Lipinski definition) is 1. The Hall–Kier alpha value is -0.580. The molecule has 1 N–H and O–H groups in total. The van der Waals surface area contributed by atoms with Crippen molar-refractivity contribution in [2.75, 3.05) is 5.32 Å². The van der Waals surface area contributed by atoms with Crippen LogP contribution in [0.5, 0.6) is 0 Å². The molecule has 1 heterocycles. The standard InChI is InChI=1S/C12H10BrClFNS/c1-7(12-4-8(13)6-17-12)16-9-2-3-11(15)10(14)5-9/h2-7,16H,1H3. The molecule has 2 rings (SSSR count). The molecule has 0 amide bonds. The number of hydrogen-bond acceptors (Lipinski definition) is 2. The Bertz CT molecular complexity index is 529. The van der Waals surface area contributed by atoms with Crippen molar-refractivity contribution in [3.05, 3.63) is 49.8 Å². The van der Waals surface area contributed by atoms with Crippen LogP contribution in [0.3, 0.4) is 0 Å². The van der Waals surface area contributed by atoms with Gasteiger partial charge in [0, 0.05) is 20.4 Å². The summed E-state index contributed by atoms with van der Waals surface area (Å²) in [6.45, 7) is 2.05. The van der Waals surface area contributed by atoms with E-state index in [9.17, 15) is 4.39 Å². The predicted octanol–water partition coefficient (Wildman–Crippen LogP) is 5.48. The minimum atomic E-state index is -0.399. The third-order valence-corrected chi connectivity index (χ3v) is 4.48. The molecule has 0 saturated carbocycles. The van der Waals surface area contributed by atoms with Gasteiger partial charge in [-0.15, -0.1) is 11.3 Å². The molecule has 1 nitrogen and oxygen atoms in total. The van der Waals surface area contributed by atoms with Crippen LogP contribution in [-0.4, -0.2) is 0 Å². The Kier molecular flexibility index (Phi) is 4.07. The summed E-state index contributed by atoms with van der Waals surface area (Å²) in [7, 11) is 0. The summed E-state index contributed by atoms with van der Waals surface area (Å²) < 4.78 is 14.1. The minimum absolute atomic E-state index is 0.134. The minimum Gasteiger partial charge on any atom is -0.378 e. The number of benzene rings is 1. The SMILES string of the molecule is CC(Nc1ccc(F)c(Cl)c1)c1cc(Br)cs1. The summed E-state index contributed by atoms with van der Waals surface area (Å²) in [5.41, 5.74) is 0.813. The summed E-state index contributed by atoms with van der Waals surface area (Å²) >= 11 is 10.8. The van der Waals surface area contributed by atoms with Gasteiger partial charge in [0.05, 0.1) is 11.1 Å². The molecule has 0 spiro atoms. The van der Waals surface area contributed by atoms with Crippen LogP contribution < -0.4 is 5.32 Å². The quantitative estimate of drug-likeness (QED) is 0.784. The highest BCUT2D eigenvalue weighted by atomic mass is 79.9. The third kappa shape index (κ3) is 3.21. The van der Waals surface area contributed by atoms with Crippen molar-refractivity contribution in [3.63, 3.8) is 0 Å². The maximum Gasteiger partial charge on any atom is 0.141 e. The summed E-state index contributed by atoms with van der Waals surface area (Å²) in [5.74, 6) is -0.399. The van der Waals surface area contributed by atoms with E-state index in [1.165, 1.54) is 10.9 Å². The first-order valence-corrected chi connectivity index (χ1v) is 7.07. The first kappa shape index (κ1) is 12.9. The Balaban J connectivity index is 2.12. The lowest BCUT2D eigenvalue weighted by Gasteiger charge is -2.13. The van der Waals surface area contributed by atoms with Crippen LogP contribution >= 0.6 is 38.9 Å². The lowest BCUT2D eigenvalue weighted by atomic mass is 10.2. The zero-order valence-electron chi connectivity index (χ0n) is 9.01. The van der Waals surface area contributed by atoms with Crippen molar-refractivity contribution >= 4 is 44.6 Å². The van der Waals surface area contributed by atoms with Gasteiger partial charge in [0.15, 0.2) is 0 Å². The number of thiophene rings is 1. The molecule has 0 fully saturated rings. The third-order valence-electron chi connectivity index (χ3n) is 2.32. The van der Waals surface area contributed by atoms with Gasteiger partial charge in [-0.25, -0.2) is 4.39 Å². The Morgan fingerprint density at radius 1 is 1.41 bits per heavy atom. The van der Waals surface area contributed by atoms with Crippen LogP contribution in [0.25, 0.3) is 0 Å². The highest BCUT2D eigenvalue weighted by Crippen LogP contribution is 2.29. The van der Waals surface area contributed by atoms with Crippen molar-refractivity contribution in [2.45, 2.75) is 13.0 Å². The predicted molar refractivity (Wildman–Crippen MR) is 75.5 cm³/mol. The fraction of sp³-hybridized carbons (Fsp3) is 0.167. The molecule has 1 aromatic heterocycles. The number of nitrogens with one attached hydrogen (secondary N) is 1. The van der Waals surface area contributed by atoms with Gasteiger partial charge in [0.2, 0.25) is 0 Å². The van der Waals surface area contributed by atoms with E-state index >= 15 is 0 Å². The van der Waals surface area contributed by atoms with Gasteiger partial charge in [-0.3, -0.25) is 0 Å². The van der Waals surface area contributed by atoms with Gasteiger partial charge in [-0.2, -0.15) is 0 Å². The second kappa shape index (κ2) is 5.38. The van der Waals surface area contributed by atoms with Crippen LogP contribution in [0.2, 0.25) is 5.02 Å². The van der Waals surface area contributed by atoms with Gasteiger partial charge in [-0.05, 0) is 47.1 Å². The molecule has 2 aromatic rings. The van der Waals surface area contributed by atoms with Crippen LogP contribution in [-0.2, 0) is 0 Å². The average Bonchev–Trinajstić information content (AvgIpc) is 2.70. The largest absolute Gasteiger partial charge is 0.378 e. The van der Waals surface area contributed by atoms with Crippen LogP contribution in [0.4, 0.5) is 10.1 Å². The molecule has 0 aliphatic carbocycles. The smallest absolute Gasteiger partial charge is 0.141 e. The van der Waals surface area contributed by atoms with E-state index in [2.05, 4.69) is 34.2 Å². The zero-order valence-corrected chi connectivity index (χ0v) is 12.2. The summed E-state index contributed by atoms with van der Waals surface area (Å²) in [5, 5.41) is 5.44. The second-order valence-corrected chi connectivity index (χ2v) is 5.93. The Labute approximate surface area is 117 Å². The Morgan fingerprint density at radius 3 is 2.76 bits per heavy atom. The molecule has 0 radical (unpaired) electrons. The maximum atomic E-state index is 13.0. The number of rotatable bonds is 3. The van der Waals surface area contributed by atoms with E-state index in [0.717, 1.165) is 10.2 Å². The summed E-state index contributed by atoms with van der Waals surface area (Å²) in [6, 6.07) is 6.86. The van der Waals surface area contributed by atoms with Gasteiger partial charge < -0.3 is 5.32 Å². The molecule has 1 unspecified atom stereocenters. The molecule has 17 heavy (non-hydrogen) atoms. The van der Waals surface area contributed by atoms with E-state index in [-0.39, 0.29) is 11.1 Å². The van der Waals surface area contributed by atoms with Crippen molar-refractivity contribution in [2.24, 2.45) is 0 Å². The zero-order chi connectivity index (χ0) is 12.4. The van der Waals surface area contributed by atoms with Gasteiger partial charge >= 0.3 is 0 Å². The molecule has 5 heteroatoms.